The van der Waals surface area contributed by atoms with Gasteiger partial charge < -0.3 is 11.1 Å². The van der Waals surface area contributed by atoms with Gasteiger partial charge in [0.05, 0.1) is 11.3 Å². The molecule has 3 N–H and O–H groups in total. The van der Waals surface area contributed by atoms with Crippen molar-refractivity contribution in [3.05, 3.63) is 81.0 Å². The Hall–Kier alpha value is -3.14. The van der Waals surface area contributed by atoms with Crippen molar-refractivity contribution < 1.29 is 9.59 Å². The maximum Gasteiger partial charge on any atom is 0.250 e. The van der Waals surface area contributed by atoms with Gasteiger partial charge in [0, 0.05) is 0 Å². The Morgan fingerprint density at radius 3 is 1.77 bits per heavy atom. The maximum atomic E-state index is 12.0. The molecule has 0 bridgehead atoms. The summed E-state index contributed by atoms with van der Waals surface area (Å²) in [6.45, 7) is 8.07. The fourth-order valence-corrected chi connectivity index (χ4v) is 2.58. The summed E-state index contributed by atoms with van der Waals surface area (Å²) in [5.41, 5.74) is 12.5. The zero-order valence-corrected chi connectivity index (χ0v) is 15.6. The van der Waals surface area contributed by atoms with Crippen LogP contribution in [0.2, 0.25) is 0 Å². The normalized spacial score (nSPS) is 12.0. The van der Waals surface area contributed by atoms with E-state index in [2.05, 4.69) is 5.32 Å². The van der Waals surface area contributed by atoms with E-state index in [9.17, 15) is 9.59 Å². The molecule has 0 aliphatic rings. The monoisotopic (exact) mass is 348 g/mol. The molecule has 4 heteroatoms. The van der Waals surface area contributed by atoms with Gasteiger partial charge in [-0.25, -0.2) is 0 Å². The molecule has 2 aromatic carbocycles. The minimum atomic E-state index is -0.604. The minimum Gasteiger partial charge on any atom is -0.366 e. The maximum absolute atomic E-state index is 12.0. The van der Waals surface area contributed by atoms with Crippen molar-refractivity contribution in [1.82, 2.24) is 5.32 Å². The van der Waals surface area contributed by atoms with Crippen molar-refractivity contribution in [2.45, 2.75) is 27.7 Å². The van der Waals surface area contributed by atoms with Crippen LogP contribution in [0, 0.1) is 27.7 Å². The van der Waals surface area contributed by atoms with Crippen LogP contribution in [-0.2, 0) is 9.59 Å². The number of hydrogen-bond acceptors (Lipinski definition) is 2. The Bertz CT molecular complexity index is 908. The van der Waals surface area contributed by atoms with Crippen LogP contribution in [0.1, 0.15) is 33.4 Å². The first kappa shape index (κ1) is 19.2. The van der Waals surface area contributed by atoms with Crippen molar-refractivity contribution in [3.63, 3.8) is 0 Å². The zero-order chi connectivity index (χ0) is 19.3. The van der Waals surface area contributed by atoms with E-state index >= 15 is 0 Å². The third-order valence-corrected chi connectivity index (χ3v) is 4.45. The fourth-order valence-electron chi connectivity index (χ4n) is 2.58. The lowest BCUT2D eigenvalue weighted by molar-refractivity contribution is -0.114. The lowest BCUT2D eigenvalue weighted by atomic mass is 10.0. The van der Waals surface area contributed by atoms with Gasteiger partial charge in [0.15, 0.2) is 0 Å². The van der Waals surface area contributed by atoms with E-state index in [1.54, 1.807) is 12.2 Å². The molecule has 0 spiro atoms. The third-order valence-electron chi connectivity index (χ3n) is 4.45. The second-order valence-corrected chi connectivity index (χ2v) is 6.43. The predicted octanol–water partition coefficient (Wildman–Crippen LogP) is 3.58. The molecule has 0 unspecified atom stereocenters. The number of carbonyl (C=O) groups excluding carboxylic acids is 2. The highest BCUT2D eigenvalue weighted by Gasteiger charge is 2.12. The topological polar surface area (TPSA) is 72.2 Å². The highest BCUT2D eigenvalue weighted by Crippen LogP contribution is 2.19. The van der Waals surface area contributed by atoms with Gasteiger partial charge in [0.25, 0.3) is 5.91 Å². The van der Waals surface area contributed by atoms with Gasteiger partial charge in [-0.1, -0.05) is 36.4 Å². The SMILES string of the molecule is Cc1ccc(/C=C(NC=O)/C(=C/c2ccc(C)c(C)c2)C(N)=O)cc1C. The summed E-state index contributed by atoms with van der Waals surface area (Å²) in [5, 5.41) is 2.60. The standard InChI is InChI=1S/C22H24N2O2/c1-14-5-7-18(9-16(14)3)11-20(22(23)26)21(24-13-25)12-19-8-6-15(2)17(4)10-19/h5-13H,1-4H3,(H2,23,26)(H,24,25)/b20-11-,21-12-. The zero-order valence-electron chi connectivity index (χ0n) is 15.6. The van der Waals surface area contributed by atoms with Gasteiger partial charge in [-0.05, 0) is 73.2 Å². The fraction of sp³-hybridized carbons (Fsp3) is 0.182. The first-order valence-corrected chi connectivity index (χ1v) is 8.40. The van der Waals surface area contributed by atoms with Gasteiger partial charge in [0.2, 0.25) is 6.41 Å². The van der Waals surface area contributed by atoms with E-state index in [0.717, 1.165) is 22.3 Å². The van der Waals surface area contributed by atoms with Crippen molar-refractivity contribution in [3.8, 4) is 0 Å². The number of primary amides is 1. The molecule has 0 aliphatic heterocycles. The number of nitrogens with two attached hydrogens (primary N) is 1. The average Bonchev–Trinajstić information content (AvgIpc) is 2.58. The summed E-state index contributed by atoms with van der Waals surface area (Å²) in [5.74, 6) is -0.604. The van der Waals surface area contributed by atoms with Gasteiger partial charge in [0.1, 0.15) is 0 Å². The second-order valence-electron chi connectivity index (χ2n) is 6.43. The van der Waals surface area contributed by atoms with Crippen LogP contribution in [0.4, 0.5) is 0 Å². The highest BCUT2D eigenvalue weighted by atomic mass is 16.1. The quantitative estimate of drug-likeness (QED) is 0.476. The van der Waals surface area contributed by atoms with Gasteiger partial charge in [-0.15, -0.1) is 0 Å². The summed E-state index contributed by atoms with van der Waals surface area (Å²) in [6, 6.07) is 11.8. The molecule has 0 heterocycles. The molecule has 2 rings (SSSR count). The lowest BCUT2D eigenvalue weighted by Crippen LogP contribution is -2.22. The third kappa shape index (κ3) is 4.70. The Labute approximate surface area is 154 Å². The summed E-state index contributed by atoms with van der Waals surface area (Å²) in [6.07, 6.45) is 3.99. The van der Waals surface area contributed by atoms with Crippen LogP contribution >= 0.6 is 0 Å². The van der Waals surface area contributed by atoms with Gasteiger partial charge in [-0.3, -0.25) is 9.59 Å². The molecule has 0 aromatic heterocycles. The molecule has 134 valence electrons. The van der Waals surface area contributed by atoms with E-state index in [0.29, 0.717) is 12.1 Å². The molecule has 2 aromatic rings. The number of hydrogen-bond donors (Lipinski definition) is 2. The van der Waals surface area contributed by atoms with E-state index in [1.807, 2.05) is 64.1 Å². The van der Waals surface area contributed by atoms with E-state index < -0.39 is 5.91 Å². The number of nitrogens with one attached hydrogen (secondary N) is 1. The molecule has 26 heavy (non-hydrogen) atoms. The molecular weight excluding hydrogens is 324 g/mol. The molecule has 0 aliphatic carbocycles. The van der Waals surface area contributed by atoms with Crippen LogP contribution < -0.4 is 11.1 Å². The average molecular weight is 348 g/mol. The number of amides is 2. The van der Waals surface area contributed by atoms with E-state index in [-0.39, 0.29) is 5.57 Å². The lowest BCUT2D eigenvalue weighted by Gasteiger charge is -2.10. The highest BCUT2D eigenvalue weighted by molar-refractivity contribution is 6.02. The number of carbonyl (C=O) groups is 2. The molecule has 2 amide bonds. The van der Waals surface area contributed by atoms with E-state index in [1.165, 1.54) is 11.1 Å². The molecule has 0 atom stereocenters. The smallest absolute Gasteiger partial charge is 0.250 e. The number of benzene rings is 2. The van der Waals surface area contributed by atoms with Crippen LogP contribution in [0.5, 0.6) is 0 Å². The van der Waals surface area contributed by atoms with Crippen LogP contribution in [0.3, 0.4) is 0 Å². The van der Waals surface area contributed by atoms with Gasteiger partial charge >= 0.3 is 0 Å². The largest absolute Gasteiger partial charge is 0.366 e. The van der Waals surface area contributed by atoms with Crippen LogP contribution in [-0.4, -0.2) is 12.3 Å². The summed E-state index contributed by atoms with van der Waals surface area (Å²) < 4.78 is 0. The molecule has 0 radical (unpaired) electrons. The van der Waals surface area contributed by atoms with E-state index in [4.69, 9.17) is 5.73 Å². The molecular formula is C22H24N2O2. The second kappa shape index (κ2) is 8.30. The summed E-state index contributed by atoms with van der Waals surface area (Å²) in [4.78, 5) is 23.1. The molecule has 0 saturated heterocycles. The van der Waals surface area contributed by atoms with Crippen molar-refractivity contribution in [2.24, 2.45) is 5.73 Å². The Kier molecular flexibility index (Phi) is 6.12. The molecule has 4 nitrogen and oxygen atoms in total. The minimum absolute atomic E-state index is 0.249. The number of rotatable bonds is 6. The molecule has 0 fully saturated rings. The Morgan fingerprint density at radius 1 is 0.846 bits per heavy atom. The first-order chi connectivity index (χ1) is 12.3. The molecule has 0 saturated carbocycles. The summed E-state index contributed by atoms with van der Waals surface area (Å²) in [7, 11) is 0. The predicted molar refractivity (Wildman–Crippen MR) is 106 cm³/mol. The summed E-state index contributed by atoms with van der Waals surface area (Å²) >= 11 is 0. The van der Waals surface area contributed by atoms with Crippen molar-refractivity contribution in [2.75, 3.05) is 0 Å². The van der Waals surface area contributed by atoms with Crippen LogP contribution in [0.15, 0.2) is 47.7 Å². The van der Waals surface area contributed by atoms with Gasteiger partial charge in [-0.2, -0.15) is 0 Å². The van der Waals surface area contributed by atoms with Crippen LogP contribution in [0.25, 0.3) is 12.2 Å². The Morgan fingerprint density at radius 2 is 1.35 bits per heavy atom. The first-order valence-electron chi connectivity index (χ1n) is 8.40. The Balaban J connectivity index is 2.54. The van der Waals surface area contributed by atoms with Crippen molar-refractivity contribution >= 4 is 24.5 Å². The van der Waals surface area contributed by atoms with Crippen molar-refractivity contribution in [1.29, 1.82) is 0 Å². The number of aryl methyl sites for hydroxylation is 4.